The summed E-state index contributed by atoms with van der Waals surface area (Å²) in [7, 11) is 0. The molecule has 0 amide bonds. The Morgan fingerprint density at radius 1 is 0.306 bits per heavy atom. The van der Waals surface area contributed by atoms with Crippen LogP contribution in [0.4, 0.5) is 0 Å². The predicted molar refractivity (Wildman–Crippen MR) is 253 cm³/mol. The minimum Gasteiger partial charge on any atom is -0.248 e. The molecule has 0 aliphatic heterocycles. The quantitative estimate of drug-likeness (QED) is 0.174. The van der Waals surface area contributed by atoms with E-state index in [1.165, 1.54) is 44.5 Å². The summed E-state index contributed by atoms with van der Waals surface area (Å²) in [6.07, 6.45) is 0. The summed E-state index contributed by atoms with van der Waals surface area (Å²) in [4.78, 5) is 26.8. The lowest BCUT2D eigenvalue weighted by Crippen LogP contribution is -2.18. The van der Waals surface area contributed by atoms with Crippen LogP contribution in [0.1, 0.15) is 49.9 Å². The van der Waals surface area contributed by atoms with Crippen molar-refractivity contribution < 1.29 is 0 Å². The second-order valence-electron chi connectivity index (χ2n) is 17.7. The molecule has 2 aliphatic carbocycles. The van der Waals surface area contributed by atoms with Gasteiger partial charge in [0.2, 0.25) is 0 Å². The summed E-state index contributed by atoms with van der Waals surface area (Å²) in [5.41, 5.74) is 17.9. The first-order valence-electron chi connectivity index (χ1n) is 21.3. The molecule has 0 fully saturated rings. The van der Waals surface area contributed by atoms with Crippen LogP contribution in [0.3, 0.4) is 0 Å². The minimum absolute atomic E-state index is 0.274. The van der Waals surface area contributed by atoms with Crippen molar-refractivity contribution in [1.29, 1.82) is 0 Å². The van der Waals surface area contributed by atoms with E-state index in [-0.39, 0.29) is 10.8 Å². The molecule has 5 heteroatoms. The van der Waals surface area contributed by atoms with Crippen LogP contribution in [-0.2, 0) is 10.8 Å². The smallest absolute Gasteiger partial charge is 0.164 e. The van der Waals surface area contributed by atoms with Gasteiger partial charge in [-0.25, -0.2) is 24.9 Å². The molecule has 3 aromatic heterocycles. The van der Waals surface area contributed by atoms with Gasteiger partial charge in [-0.15, -0.1) is 0 Å². The number of benzene rings is 7. The molecule has 0 unspecified atom stereocenters. The predicted octanol–water partition coefficient (Wildman–Crippen LogP) is 13.9. The molecular formula is C57H41N5. The number of hydrogen-bond donors (Lipinski definition) is 0. The van der Waals surface area contributed by atoms with E-state index in [1.54, 1.807) is 0 Å². The van der Waals surface area contributed by atoms with E-state index >= 15 is 0 Å². The molecule has 0 saturated carbocycles. The number of nitrogens with zero attached hydrogens (tertiary/aromatic N) is 5. The highest BCUT2D eigenvalue weighted by molar-refractivity contribution is 5.91. The van der Waals surface area contributed by atoms with Gasteiger partial charge in [-0.3, -0.25) is 0 Å². The molecule has 0 saturated heterocycles. The first-order chi connectivity index (χ1) is 30.2. The van der Waals surface area contributed by atoms with Gasteiger partial charge in [0.1, 0.15) is 0 Å². The van der Waals surface area contributed by atoms with Gasteiger partial charge in [0, 0.05) is 49.4 Å². The van der Waals surface area contributed by atoms with Gasteiger partial charge >= 0.3 is 0 Å². The average molecular weight is 796 g/mol. The Balaban J connectivity index is 1.13. The topological polar surface area (TPSA) is 64.5 Å². The van der Waals surface area contributed by atoms with Gasteiger partial charge in [-0.1, -0.05) is 161 Å². The van der Waals surface area contributed by atoms with Gasteiger partial charge in [-0.2, -0.15) is 0 Å². The maximum atomic E-state index is 5.49. The number of rotatable bonds is 5. The Morgan fingerprint density at radius 2 is 0.694 bits per heavy atom. The van der Waals surface area contributed by atoms with Crippen LogP contribution in [0.15, 0.2) is 176 Å². The highest BCUT2D eigenvalue weighted by Crippen LogP contribution is 2.54. The Morgan fingerprint density at radius 3 is 1.19 bits per heavy atom. The Hall–Kier alpha value is -7.63. The van der Waals surface area contributed by atoms with Gasteiger partial charge in [0.05, 0.1) is 22.4 Å². The summed E-state index contributed by atoms with van der Waals surface area (Å²) in [5, 5.41) is 2.19. The van der Waals surface area contributed by atoms with E-state index in [9.17, 15) is 0 Å². The molecule has 0 bridgehead atoms. The summed E-state index contributed by atoms with van der Waals surface area (Å²) in [6, 6.07) is 62.2. The molecule has 2 aliphatic rings. The molecule has 0 spiro atoms. The second kappa shape index (κ2) is 13.4. The summed E-state index contributed by atoms with van der Waals surface area (Å²) >= 11 is 0. The molecule has 5 nitrogen and oxygen atoms in total. The monoisotopic (exact) mass is 795 g/mol. The van der Waals surface area contributed by atoms with Crippen molar-refractivity contribution >= 4 is 21.8 Å². The van der Waals surface area contributed by atoms with Crippen LogP contribution in [0, 0.1) is 0 Å². The van der Waals surface area contributed by atoms with Crippen LogP contribution >= 0.6 is 0 Å². The molecule has 0 radical (unpaired) electrons. The molecule has 3 heterocycles. The maximum absolute atomic E-state index is 5.49. The standard InChI is InChI=1S/C57H41N5/c1-56(2)45-23-9-7-17-39(45)41-19-13-21-43(51(41)56)54-60-53(61-55(62-54)44-22-14-20-42-40-18-8-10-24-46(40)57(3,4)52(42)44)38-32-36(49-29-27-34-15-5-11-25-47(34)58-49)31-37(33-38)50-30-28-35-16-6-12-26-48(35)59-50/h5-33H,1-4H3. The lowest BCUT2D eigenvalue weighted by atomic mass is 9.79. The molecule has 10 aromatic rings. The van der Waals surface area contributed by atoms with Crippen LogP contribution in [0.25, 0.3) is 101 Å². The highest BCUT2D eigenvalue weighted by atomic mass is 15.0. The number of pyridine rings is 2. The number of para-hydroxylation sites is 2. The minimum atomic E-state index is -0.274. The van der Waals surface area contributed by atoms with Crippen LogP contribution < -0.4 is 0 Å². The zero-order valence-corrected chi connectivity index (χ0v) is 35.0. The van der Waals surface area contributed by atoms with Gasteiger partial charge < -0.3 is 0 Å². The van der Waals surface area contributed by atoms with Crippen LogP contribution in [-0.4, -0.2) is 24.9 Å². The third kappa shape index (κ3) is 5.51. The average Bonchev–Trinajstić information content (AvgIpc) is 3.70. The first kappa shape index (κ1) is 36.2. The van der Waals surface area contributed by atoms with E-state index in [4.69, 9.17) is 24.9 Å². The maximum Gasteiger partial charge on any atom is 0.164 e. The van der Waals surface area contributed by atoms with Crippen molar-refractivity contribution in [1.82, 2.24) is 24.9 Å². The Bertz CT molecular complexity index is 3270. The fourth-order valence-corrected chi connectivity index (χ4v) is 10.3. The zero-order chi connectivity index (χ0) is 41.7. The summed E-state index contributed by atoms with van der Waals surface area (Å²) in [5.74, 6) is 1.88. The van der Waals surface area contributed by atoms with Crippen molar-refractivity contribution in [3.63, 3.8) is 0 Å². The number of fused-ring (bicyclic) bond motifs is 8. The van der Waals surface area contributed by atoms with E-state index in [0.29, 0.717) is 17.5 Å². The summed E-state index contributed by atoms with van der Waals surface area (Å²) < 4.78 is 0. The second-order valence-corrected chi connectivity index (χ2v) is 17.7. The molecule has 0 atom stereocenters. The number of aromatic nitrogens is 5. The fourth-order valence-electron chi connectivity index (χ4n) is 10.3. The number of hydrogen-bond acceptors (Lipinski definition) is 5. The molecule has 294 valence electrons. The van der Waals surface area contributed by atoms with E-state index in [2.05, 4.69) is 179 Å². The molecule has 62 heavy (non-hydrogen) atoms. The lowest BCUT2D eigenvalue weighted by molar-refractivity contribution is 0.660. The SMILES string of the molecule is CC1(C)c2ccccc2-c2cccc(-c3nc(-c4cc(-c5ccc6ccccc6n5)cc(-c5ccc6ccccc6n5)c4)nc(-c4cccc5c4C(C)(C)c4ccccc4-5)n3)c21. The first-order valence-corrected chi connectivity index (χ1v) is 21.3. The summed E-state index contributed by atoms with van der Waals surface area (Å²) in [6.45, 7) is 9.27. The van der Waals surface area contributed by atoms with Gasteiger partial charge in [0.15, 0.2) is 17.5 Å². The molecule has 7 aromatic carbocycles. The van der Waals surface area contributed by atoms with Crippen molar-refractivity contribution in [3.8, 4) is 78.9 Å². The van der Waals surface area contributed by atoms with E-state index in [1.807, 2.05) is 24.3 Å². The van der Waals surface area contributed by atoms with Crippen molar-refractivity contribution in [2.45, 2.75) is 38.5 Å². The normalized spacial score (nSPS) is 14.1. The Kier molecular flexibility index (Phi) is 7.85. The molecular weight excluding hydrogens is 755 g/mol. The van der Waals surface area contributed by atoms with Crippen LogP contribution in [0.5, 0.6) is 0 Å². The van der Waals surface area contributed by atoms with Crippen LogP contribution in [0.2, 0.25) is 0 Å². The molecule has 12 rings (SSSR count). The van der Waals surface area contributed by atoms with E-state index < -0.39 is 0 Å². The van der Waals surface area contributed by atoms with E-state index in [0.717, 1.165) is 61.0 Å². The molecule has 0 N–H and O–H groups in total. The van der Waals surface area contributed by atoms with Gasteiger partial charge in [0.25, 0.3) is 0 Å². The van der Waals surface area contributed by atoms with Crippen molar-refractivity contribution in [3.05, 3.63) is 198 Å². The largest absolute Gasteiger partial charge is 0.248 e. The fraction of sp³-hybridized carbons (Fsp3) is 0.105. The van der Waals surface area contributed by atoms with Gasteiger partial charge in [-0.05, 0) is 87.0 Å². The third-order valence-electron chi connectivity index (χ3n) is 13.3. The lowest BCUT2D eigenvalue weighted by Gasteiger charge is -2.25. The van der Waals surface area contributed by atoms with Crippen molar-refractivity contribution in [2.75, 3.05) is 0 Å². The van der Waals surface area contributed by atoms with Crippen molar-refractivity contribution in [2.24, 2.45) is 0 Å². The Labute approximate surface area is 360 Å². The third-order valence-corrected chi connectivity index (χ3v) is 13.3. The zero-order valence-electron chi connectivity index (χ0n) is 35.0. The highest BCUT2D eigenvalue weighted by Gasteiger charge is 2.40.